The highest BCUT2D eigenvalue weighted by molar-refractivity contribution is 7.99. The number of para-hydroxylation sites is 1. The zero-order valence-electron chi connectivity index (χ0n) is 15.5. The summed E-state index contributed by atoms with van der Waals surface area (Å²) in [6.07, 6.45) is 0.865. The van der Waals surface area contributed by atoms with E-state index in [1.165, 1.54) is 17.4 Å². The number of hydrogen-bond acceptors (Lipinski definition) is 6. The van der Waals surface area contributed by atoms with Crippen molar-refractivity contribution in [3.8, 4) is 5.69 Å². The highest BCUT2D eigenvalue weighted by Crippen LogP contribution is 2.19. The Kier molecular flexibility index (Phi) is 7.27. The summed E-state index contributed by atoms with van der Waals surface area (Å²) in [6, 6.07) is 17.4. The van der Waals surface area contributed by atoms with Crippen molar-refractivity contribution in [1.82, 2.24) is 25.5 Å². The SMILES string of the molecule is CN(CCCNC(=O)CSc1nnnn1-c1ccc(Cl)cc1)c1ccccc1. The fourth-order valence-corrected chi connectivity index (χ4v) is 3.40. The Morgan fingerprint density at radius 3 is 2.68 bits per heavy atom. The van der Waals surface area contributed by atoms with E-state index in [1.54, 1.807) is 16.8 Å². The van der Waals surface area contributed by atoms with Gasteiger partial charge in [0.2, 0.25) is 11.1 Å². The summed E-state index contributed by atoms with van der Waals surface area (Å²) in [4.78, 5) is 14.3. The minimum absolute atomic E-state index is 0.0435. The monoisotopic (exact) mass is 416 g/mol. The molecule has 28 heavy (non-hydrogen) atoms. The lowest BCUT2D eigenvalue weighted by molar-refractivity contribution is -0.118. The molecule has 0 saturated carbocycles. The fourth-order valence-electron chi connectivity index (χ4n) is 2.55. The number of aromatic nitrogens is 4. The molecular formula is C19H21ClN6OS. The Morgan fingerprint density at radius 2 is 1.93 bits per heavy atom. The number of tetrazole rings is 1. The maximum atomic E-state index is 12.1. The van der Waals surface area contributed by atoms with E-state index in [9.17, 15) is 4.79 Å². The predicted molar refractivity (Wildman–Crippen MR) is 112 cm³/mol. The maximum Gasteiger partial charge on any atom is 0.230 e. The smallest absolute Gasteiger partial charge is 0.230 e. The van der Waals surface area contributed by atoms with Gasteiger partial charge in [0.15, 0.2) is 0 Å². The van der Waals surface area contributed by atoms with E-state index in [-0.39, 0.29) is 11.7 Å². The van der Waals surface area contributed by atoms with Crippen LogP contribution in [0.5, 0.6) is 0 Å². The molecule has 0 spiro atoms. The summed E-state index contributed by atoms with van der Waals surface area (Å²) >= 11 is 7.20. The molecule has 1 N–H and O–H groups in total. The normalized spacial score (nSPS) is 10.6. The van der Waals surface area contributed by atoms with Crippen LogP contribution in [-0.2, 0) is 4.79 Å². The van der Waals surface area contributed by atoms with E-state index >= 15 is 0 Å². The number of hydrogen-bond donors (Lipinski definition) is 1. The molecule has 0 atom stereocenters. The van der Waals surface area contributed by atoms with Crippen molar-refractivity contribution in [2.24, 2.45) is 0 Å². The van der Waals surface area contributed by atoms with Crippen molar-refractivity contribution in [3.63, 3.8) is 0 Å². The lowest BCUT2D eigenvalue weighted by Gasteiger charge is -2.19. The van der Waals surface area contributed by atoms with Crippen molar-refractivity contribution < 1.29 is 4.79 Å². The van der Waals surface area contributed by atoms with Crippen LogP contribution in [0.4, 0.5) is 5.69 Å². The average molecular weight is 417 g/mol. The lowest BCUT2D eigenvalue weighted by Crippen LogP contribution is -2.29. The first-order valence-electron chi connectivity index (χ1n) is 8.83. The fraction of sp³-hybridized carbons (Fsp3) is 0.263. The second-order valence-corrected chi connectivity index (χ2v) is 7.48. The van der Waals surface area contributed by atoms with Crippen molar-refractivity contribution in [1.29, 1.82) is 0 Å². The molecule has 0 unspecified atom stereocenters. The topological polar surface area (TPSA) is 75.9 Å². The summed E-state index contributed by atoms with van der Waals surface area (Å²) in [5.41, 5.74) is 1.96. The summed E-state index contributed by atoms with van der Waals surface area (Å²) in [7, 11) is 2.05. The number of amides is 1. The van der Waals surface area contributed by atoms with E-state index in [4.69, 9.17) is 11.6 Å². The van der Waals surface area contributed by atoms with Gasteiger partial charge in [0.05, 0.1) is 11.4 Å². The van der Waals surface area contributed by atoms with Gasteiger partial charge in [0.1, 0.15) is 0 Å². The van der Waals surface area contributed by atoms with Crippen LogP contribution in [0.15, 0.2) is 59.8 Å². The number of halogens is 1. The standard InChI is InChI=1S/C19H21ClN6OS/c1-25(16-6-3-2-4-7-16)13-5-12-21-18(27)14-28-19-22-23-24-26(19)17-10-8-15(20)9-11-17/h2-4,6-11H,5,12-14H2,1H3,(H,21,27). The van der Waals surface area contributed by atoms with Crippen molar-refractivity contribution in [3.05, 3.63) is 59.6 Å². The molecule has 0 aliphatic carbocycles. The van der Waals surface area contributed by atoms with Gasteiger partial charge in [0, 0.05) is 30.8 Å². The van der Waals surface area contributed by atoms with Gasteiger partial charge in [-0.05, 0) is 53.2 Å². The molecule has 0 saturated heterocycles. The number of rotatable bonds is 9. The van der Waals surface area contributed by atoms with Crippen LogP contribution < -0.4 is 10.2 Å². The number of carbonyl (C=O) groups excluding carboxylic acids is 1. The van der Waals surface area contributed by atoms with Gasteiger partial charge in [0.25, 0.3) is 0 Å². The first-order valence-corrected chi connectivity index (χ1v) is 10.2. The van der Waals surface area contributed by atoms with E-state index in [1.807, 2.05) is 37.4 Å². The zero-order valence-corrected chi connectivity index (χ0v) is 17.0. The third-order valence-corrected chi connectivity index (χ3v) is 5.21. The molecule has 0 aliphatic rings. The average Bonchev–Trinajstić information content (AvgIpc) is 3.19. The molecule has 0 aliphatic heterocycles. The summed E-state index contributed by atoms with van der Waals surface area (Å²) in [6.45, 7) is 1.49. The van der Waals surface area contributed by atoms with Crippen LogP contribution in [0, 0.1) is 0 Å². The van der Waals surface area contributed by atoms with Crippen LogP contribution in [-0.4, -0.2) is 52.0 Å². The van der Waals surface area contributed by atoms with Gasteiger partial charge < -0.3 is 10.2 Å². The Hall–Kier alpha value is -2.58. The Balaban J connectivity index is 1.40. The molecule has 1 heterocycles. The third kappa shape index (κ3) is 5.71. The Morgan fingerprint density at radius 1 is 1.18 bits per heavy atom. The minimum atomic E-state index is -0.0435. The predicted octanol–water partition coefficient (Wildman–Crippen LogP) is 3.05. The Labute approximate surface area is 173 Å². The molecular weight excluding hydrogens is 396 g/mol. The molecule has 0 radical (unpaired) electrons. The van der Waals surface area contributed by atoms with Crippen LogP contribution >= 0.6 is 23.4 Å². The third-order valence-electron chi connectivity index (χ3n) is 4.03. The second kappa shape index (κ2) is 10.1. The van der Waals surface area contributed by atoms with Gasteiger partial charge >= 0.3 is 0 Å². The van der Waals surface area contributed by atoms with Crippen molar-refractivity contribution >= 4 is 35.0 Å². The van der Waals surface area contributed by atoms with Crippen molar-refractivity contribution in [2.45, 2.75) is 11.6 Å². The second-order valence-electron chi connectivity index (χ2n) is 6.10. The zero-order chi connectivity index (χ0) is 19.8. The number of benzene rings is 2. The van der Waals surface area contributed by atoms with Gasteiger partial charge in [-0.25, -0.2) is 0 Å². The van der Waals surface area contributed by atoms with E-state index in [2.05, 4.69) is 37.9 Å². The molecule has 3 aromatic rings. The number of nitrogens with one attached hydrogen (secondary N) is 1. The van der Waals surface area contributed by atoms with Crippen LogP contribution in [0.1, 0.15) is 6.42 Å². The maximum absolute atomic E-state index is 12.1. The highest BCUT2D eigenvalue weighted by atomic mass is 35.5. The molecule has 3 rings (SSSR count). The number of thioether (sulfide) groups is 1. The Bertz CT molecular complexity index is 887. The lowest BCUT2D eigenvalue weighted by atomic mass is 10.3. The first-order chi connectivity index (χ1) is 13.6. The van der Waals surface area contributed by atoms with E-state index in [0.717, 1.165) is 18.7 Å². The first kappa shape index (κ1) is 20.2. The molecule has 146 valence electrons. The minimum Gasteiger partial charge on any atom is -0.375 e. The molecule has 9 heteroatoms. The number of carbonyl (C=O) groups is 1. The summed E-state index contributed by atoms with van der Waals surface area (Å²) in [5, 5.41) is 15.8. The largest absolute Gasteiger partial charge is 0.375 e. The van der Waals surface area contributed by atoms with E-state index < -0.39 is 0 Å². The molecule has 2 aromatic carbocycles. The van der Waals surface area contributed by atoms with Gasteiger partial charge in [-0.3, -0.25) is 4.79 Å². The van der Waals surface area contributed by atoms with E-state index in [0.29, 0.717) is 16.7 Å². The quantitative estimate of drug-likeness (QED) is 0.427. The number of nitrogens with zero attached hydrogens (tertiary/aromatic N) is 5. The molecule has 1 amide bonds. The van der Waals surface area contributed by atoms with Crippen LogP contribution in [0.25, 0.3) is 5.69 Å². The molecule has 0 bridgehead atoms. The summed E-state index contributed by atoms with van der Waals surface area (Å²) < 4.78 is 1.59. The molecule has 0 fully saturated rings. The summed E-state index contributed by atoms with van der Waals surface area (Å²) in [5.74, 6) is 0.209. The highest BCUT2D eigenvalue weighted by Gasteiger charge is 2.11. The molecule has 7 nitrogen and oxygen atoms in total. The van der Waals surface area contributed by atoms with Gasteiger partial charge in [-0.15, -0.1) is 5.10 Å². The number of anilines is 1. The van der Waals surface area contributed by atoms with Gasteiger partial charge in [-0.2, -0.15) is 4.68 Å². The van der Waals surface area contributed by atoms with Crippen LogP contribution in [0.2, 0.25) is 5.02 Å². The van der Waals surface area contributed by atoms with Gasteiger partial charge in [-0.1, -0.05) is 41.6 Å². The van der Waals surface area contributed by atoms with Crippen LogP contribution in [0.3, 0.4) is 0 Å². The van der Waals surface area contributed by atoms with Crippen molar-refractivity contribution in [2.75, 3.05) is 30.8 Å². The molecule has 1 aromatic heterocycles.